The molecule has 0 saturated carbocycles. The average Bonchev–Trinajstić information content (AvgIpc) is 3.13. The Balaban J connectivity index is 1.92. The van der Waals surface area contributed by atoms with Crippen molar-refractivity contribution >= 4 is 52.3 Å². The van der Waals surface area contributed by atoms with Crippen LogP contribution in [-0.4, -0.2) is 69.6 Å². The number of fused-ring (bicyclic) bond motifs is 1. The number of anilines is 1. The molecule has 0 aromatic carbocycles. The molecule has 0 radical (unpaired) electrons. The van der Waals surface area contributed by atoms with Gasteiger partial charge in [-0.25, -0.2) is 19.7 Å². The maximum Gasteiger partial charge on any atom is 0.510 e. The van der Waals surface area contributed by atoms with Crippen molar-refractivity contribution in [2.75, 3.05) is 37.5 Å². The molecule has 32 heavy (non-hydrogen) atoms. The van der Waals surface area contributed by atoms with E-state index in [1.54, 1.807) is 53.3 Å². The van der Waals surface area contributed by atoms with Crippen LogP contribution in [0.4, 0.5) is 10.6 Å². The second kappa shape index (κ2) is 13.2. The first-order valence-electron chi connectivity index (χ1n) is 9.64. The lowest BCUT2D eigenvalue weighted by Gasteiger charge is -2.21. The topological polar surface area (TPSA) is 150 Å². The Bertz CT molecular complexity index is 917. The number of carbonyl (C=O) groups is 1. The first-order chi connectivity index (χ1) is 15.2. The zero-order valence-electron chi connectivity index (χ0n) is 18.3. The second-order valence-corrected chi connectivity index (χ2v) is 11.4. The Morgan fingerprint density at radius 2 is 2.03 bits per heavy atom. The van der Waals surface area contributed by atoms with Crippen LogP contribution in [-0.2, 0) is 34.4 Å². The van der Waals surface area contributed by atoms with E-state index < -0.39 is 26.6 Å². The molecule has 0 fully saturated rings. The van der Waals surface area contributed by atoms with Gasteiger partial charge in [0.25, 0.3) is 0 Å². The summed E-state index contributed by atoms with van der Waals surface area (Å²) in [4.78, 5) is 23.8. The van der Waals surface area contributed by atoms with Crippen LogP contribution in [0.5, 0.6) is 0 Å². The van der Waals surface area contributed by atoms with Crippen LogP contribution >= 0.6 is 29.2 Å². The molecule has 0 amide bonds. The molecule has 0 spiro atoms. The lowest BCUT2D eigenvalue weighted by molar-refractivity contribution is -0.0177. The molecule has 2 rings (SSSR count). The third kappa shape index (κ3) is 8.75. The normalized spacial score (nSPS) is 14.4. The molecule has 180 valence electrons. The van der Waals surface area contributed by atoms with Crippen LogP contribution in [0.15, 0.2) is 12.7 Å². The van der Waals surface area contributed by atoms with Crippen molar-refractivity contribution in [1.29, 1.82) is 0 Å². The van der Waals surface area contributed by atoms with E-state index in [1.807, 2.05) is 6.26 Å². The molecular weight excluding hydrogens is 481 g/mol. The summed E-state index contributed by atoms with van der Waals surface area (Å²) in [5.74, 6) is 0.885. The van der Waals surface area contributed by atoms with Crippen LogP contribution in [0.2, 0.25) is 0 Å². The molecule has 2 atom stereocenters. The fourth-order valence-corrected chi connectivity index (χ4v) is 4.76. The van der Waals surface area contributed by atoms with E-state index in [4.69, 9.17) is 29.0 Å². The van der Waals surface area contributed by atoms with Gasteiger partial charge in [-0.1, -0.05) is 21.6 Å². The number of rotatable bonds is 14. The fourth-order valence-electron chi connectivity index (χ4n) is 2.37. The minimum atomic E-state index is -3.70. The van der Waals surface area contributed by atoms with Crippen molar-refractivity contribution in [3.05, 3.63) is 12.7 Å². The van der Waals surface area contributed by atoms with Gasteiger partial charge < -0.3 is 29.0 Å². The van der Waals surface area contributed by atoms with Gasteiger partial charge in [0.1, 0.15) is 18.2 Å². The summed E-state index contributed by atoms with van der Waals surface area (Å²) >= 11 is 0. The molecular formula is C17H28N5O7PS2. The largest absolute Gasteiger partial charge is 0.510 e. The monoisotopic (exact) mass is 509 g/mol. The summed E-state index contributed by atoms with van der Waals surface area (Å²) in [5.41, 5.74) is 6.86. The molecule has 0 aliphatic rings. The quantitative estimate of drug-likeness (QED) is 0.130. The second-order valence-electron chi connectivity index (χ2n) is 6.68. The Hall–Kier alpha value is -1.57. The lowest BCUT2D eigenvalue weighted by Crippen LogP contribution is -2.19. The van der Waals surface area contributed by atoms with Crippen LogP contribution in [0, 0.1) is 0 Å². The van der Waals surface area contributed by atoms with Crippen molar-refractivity contribution in [1.82, 2.24) is 19.5 Å². The van der Waals surface area contributed by atoms with Crippen molar-refractivity contribution < 1.29 is 32.6 Å². The molecule has 2 aromatic heterocycles. The van der Waals surface area contributed by atoms with E-state index in [0.717, 1.165) is 0 Å². The molecule has 12 nitrogen and oxygen atoms in total. The van der Waals surface area contributed by atoms with Gasteiger partial charge in [-0.2, -0.15) is 0 Å². The maximum absolute atomic E-state index is 13.1. The number of nitrogens with two attached hydrogens (primary N) is 1. The molecule has 1 unspecified atom stereocenters. The van der Waals surface area contributed by atoms with E-state index in [0.29, 0.717) is 23.5 Å². The highest BCUT2D eigenvalue weighted by Gasteiger charge is 2.27. The summed E-state index contributed by atoms with van der Waals surface area (Å²) in [6, 6.07) is 0. The van der Waals surface area contributed by atoms with Gasteiger partial charge in [0.05, 0.1) is 31.7 Å². The van der Waals surface area contributed by atoms with Gasteiger partial charge >= 0.3 is 13.8 Å². The molecule has 0 aliphatic heterocycles. The van der Waals surface area contributed by atoms with Crippen molar-refractivity contribution in [2.45, 2.75) is 39.5 Å². The predicted octanol–water partition coefficient (Wildman–Crippen LogP) is 3.53. The molecule has 0 aliphatic carbocycles. The number of hydrogen-bond acceptors (Lipinski definition) is 13. The summed E-state index contributed by atoms with van der Waals surface area (Å²) in [7, 11) is -0.585. The molecule has 0 bridgehead atoms. The molecule has 2 aromatic rings. The SMILES string of the molecule is CSSCCOP(=O)(CO[C@H](C)Cn1cnc2c(N)ncnc21)OCOC(=O)OC(C)C. The fraction of sp³-hybridized carbons (Fsp3) is 0.647. The number of imidazole rings is 1. The van der Waals surface area contributed by atoms with Gasteiger partial charge in [0.2, 0.25) is 6.79 Å². The minimum Gasteiger partial charge on any atom is -0.432 e. The van der Waals surface area contributed by atoms with Crippen molar-refractivity contribution in [3.63, 3.8) is 0 Å². The van der Waals surface area contributed by atoms with Gasteiger partial charge in [0.15, 0.2) is 11.5 Å². The standard InChI is InChI=1S/C17H28N5O7PS2/c1-12(2)29-17(23)25-10-28-30(24,27-5-6-32-31-4)11-26-13(3)7-22-9-21-14-15(18)19-8-20-16(14)22/h8-9,12-13H,5-7,10-11H2,1-4H3,(H2,18,19,20)/t13-,30?/m1/s1. The highest BCUT2D eigenvalue weighted by molar-refractivity contribution is 8.76. The highest BCUT2D eigenvalue weighted by atomic mass is 33.1. The Labute approximate surface area is 194 Å². The average molecular weight is 510 g/mol. The van der Waals surface area contributed by atoms with E-state index in [-0.39, 0.29) is 24.9 Å². The number of nitrogens with zero attached hydrogens (tertiary/aromatic N) is 4. The van der Waals surface area contributed by atoms with Gasteiger partial charge in [-0.3, -0.25) is 9.09 Å². The zero-order valence-corrected chi connectivity index (χ0v) is 20.9. The van der Waals surface area contributed by atoms with Gasteiger partial charge in [0, 0.05) is 5.75 Å². The van der Waals surface area contributed by atoms with E-state index in [2.05, 4.69) is 15.0 Å². The van der Waals surface area contributed by atoms with E-state index in [9.17, 15) is 9.36 Å². The highest BCUT2D eigenvalue weighted by Crippen LogP contribution is 2.48. The van der Waals surface area contributed by atoms with Crippen molar-refractivity contribution in [3.8, 4) is 0 Å². The number of aromatic nitrogens is 4. The smallest absolute Gasteiger partial charge is 0.432 e. The Morgan fingerprint density at radius 1 is 1.25 bits per heavy atom. The molecule has 15 heteroatoms. The van der Waals surface area contributed by atoms with Crippen LogP contribution < -0.4 is 5.73 Å². The number of carbonyl (C=O) groups excluding carboxylic acids is 1. The Morgan fingerprint density at radius 3 is 2.75 bits per heavy atom. The number of ether oxygens (including phenoxy) is 3. The third-order valence-electron chi connectivity index (χ3n) is 3.73. The third-order valence-corrected chi connectivity index (χ3v) is 7.05. The van der Waals surface area contributed by atoms with Gasteiger partial charge in [-0.05, 0) is 27.0 Å². The van der Waals surface area contributed by atoms with Gasteiger partial charge in [-0.15, -0.1) is 0 Å². The summed E-state index contributed by atoms with van der Waals surface area (Å²) in [6.07, 6.45) is 2.87. The number of hydrogen-bond donors (Lipinski definition) is 1. The number of nitrogen functional groups attached to an aromatic ring is 1. The van der Waals surface area contributed by atoms with E-state index in [1.165, 1.54) is 6.33 Å². The molecule has 2 N–H and O–H groups in total. The summed E-state index contributed by atoms with van der Waals surface area (Å²) in [6.45, 7) is 5.11. The van der Waals surface area contributed by atoms with Crippen molar-refractivity contribution in [2.24, 2.45) is 0 Å². The zero-order chi connectivity index (χ0) is 23.6. The maximum atomic E-state index is 13.1. The van der Waals surface area contributed by atoms with Crippen LogP contribution in [0.25, 0.3) is 11.2 Å². The molecule has 2 heterocycles. The van der Waals surface area contributed by atoms with Crippen LogP contribution in [0.3, 0.4) is 0 Å². The minimum absolute atomic E-state index is 0.180. The Kier molecular flexibility index (Phi) is 11.0. The summed E-state index contributed by atoms with van der Waals surface area (Å²) < 4.78 is 40.9. The first kappa shape index (κ1) is 26.7. The van der Waals surface area contributed by atoms with Crippen LogP contribution in [0.1, 0.15) is 20.8 Å². The van der Waals surface area contributed by atoms with E-state index >= 15 is 0 Å². The first-order valence-corrected chi connectivity index (χ1v) is 14.1. The predicted molar refractivity (Wildman–Crippen MR) is 123 cm³/mol. The summed E-state index contributed by atoms with van der Waals surface area (Å²) in [5, 5.41) is 0. The lowest BCUT2D eigenvalue weighted by atomic mass is 10.4. The molecule has 0 saturated heterocycles.